The molecule has 3 aromatic rings. The first-order valence-corrected chi connectivity index (χ1v) is 6.93. The monoisotopic (exact) mass is 331 g/mol. The van der Waals surface area contributed by atoms with Gasteiger partial charge in [-0.1, -0.05) is 17.7 Å². The molecule has 0 fully saturated rings. The number of nitro groups is 1. The van der Waals surface area contributed by atoms with E-state index in [9.17, 15) is 20.0 Å². The molecule has 0 aliphatic rings. The Labute approximate surface area is 134 Å². The first-order valence-electron chi connectivity index (χ1n) is 6.55. The number of halogens is 1. The van der Waals surface area contributed by atoms with Crippen LogP contribution in [0.25, 0.3) is 16.6 Å². The minimum atomic E-state index is -0.653. The highest BCUT2D eigenvalue weighted by molar-refractivity contribution is 6.33. The predicted octanol–water partition coefficient (Wildman–Crippen LogP) is 2.96. The fourth-order valence-corrected chi connectivity index (χ4v) is 2.61. The zero-order chi connectivity index (χ0) is 16.7. The Bertz CT molecular complexity index is 1010. The molecule has 8 heteroatoms. The number of nitrogens with zero attached hydrogens (tertiary/aromatic N) is 3. The van der Waals surface area contributed by atoms with Crippen molar-refractivity contribution in [1.82, 2.24) is 9.55 Å². The van der Waals surface area contributed by atoms with E-state index in [1.54, 1.807) is 19.1 Å². The Morgan fingerprint density at radius 3 is 2.70 bits per heavy atom. The van der Waals surface area contributed by atoms with Crippen molar-refractivity contribution in [2.45, 2.75) is 6.92 Å². The van der Waals surface area contributed by atoms with Gasteiger partial charge in [-0.25, -0.2) is 4.98 Å². The van der Waals surface area contributed by atoms with Crippen LogP contribution in [0.2, 0.25) is 5.02 Å². The Morgan fingerprint density at radius 2 is 2.04 bits per heavy atom. The van der Waals surface area contributed by atoms with Gasteiger partial charge >= 0.3 is 0 Å². The molecule has 3 rings (SSSR count). The van der Waals surface area contributed by atoms with E-state index >= 15 is 0 Å². The molecule has 23 heavy (non-hydrogen) atoms. The van der Waals surface area contributed by atoms with Crippen LogP contribution in [-0.4, -0.2) is 19.6 Å². The lowest BCUT2D eigenvalue weighted by atomic mass is 10.2. The largest absolute Gasteiger partial charge is 0.508 e. The number of hydrogen-bond donors (Lipinski definition) is 1. The summed E-state index contributed by atoms with van der Waals surface area (Å²) in [5, 5.41) is 20.6. The average molecular weight is 332 g/mol. The summed E-state index contributed by atoms with van der Waals surface area (Å²) < 4.78 is 1.28. The lowest BCUT2D eigenvalue weighted by Gasteiger charge is -2.11. The van der Waals surface area contributed by atoms with Gasteiger partial charge in [0.05, 0.1) is 21.5 Å². The predicted molar refractivity (Wildman–Crippen MR) is 85.4 cm³/mol. The number of fused-ring (bicyclic) bond motifs is 1. The summed E-state index contributed by atoms with van der Waals surface area (Å²) in [6.45, 7) is 1.63. The Kier molecular flexibility index (Phi) is 3.49. The van der Waals surface area contributed by atoms with Crippen molar-refractivity contribution in [3.63, 3.8) is 0 Å². The van der Waals surface area contributed by atoms with Crippen LogP contribution in [0.5, 0.6) is 5.75 Å². The molecule has 116 valence electrons. The van der Waals surface area contributed by atoms with Crippen molar-refractivity contribution in [2.75, 3.05) is 0 Å². The minimum Gasteiger partial charge on any atom is -0.508 e. The molecule has 0 saturated carbocycles. The SMILES string of the molecule is Cc1nc2cc(Cl)c([N+](=O)[O-])cc2c(=O)n1-c1cccc(O)c1. The van der Waals surface area contributed by atoms with Crippen LogP contribution in [0.4, 0.5) is 5.69 Å². The van der Waals surface area contributed by atoms with E-state index in [1.165, 1.54) is 22.8 Å². The number of rotatable bonds is 2. The second-order valence-corrected chi connectivity index (χ2v) is 5.30. The van der Waals surface area contributed by atoms with E-state index in [1.807, 2.05) is 0 Å². The zero-order valence-electron chi connectivity index (χ0n) is 11.9. The summed E-state index contributed by atoms with van der Waals surface area (Å²) in [6, 6.07) is 8.52. The van der Waals surface area contributed by atoms with Crippen LogP contribution in [0.3, 0.4) is 0 Å². The molecule has 0 unspecified atom stereocenters. The third-order valence-electron chi connectivity index (χ3n) is 3.39. The molecule has 0 bridgehead atoms. The molecule has 0 saturated heterocycles. The highest BCUT2D eigenvalue weighted by atomic mass is 35.5. The summed E-state index contributed by atoms with van der Waals surface area (Å²) in [5.41, 5.74) is -0.138. The summed E-state index contributed by atoms with van der Waals surface area (Å²) in [7, 11) is 0. The maximum absolute atomic E-state index is 12.7. The molecule has 0 radical (unpaired) electrons. The third-order valence-corrected chi connectivity index (χ3v) is 3.69. The van der Waals surface area contributed by atoms with Crippen molar-refractivity contribution in [2.24, 2.45) is 0 Å². The standard InChI is InChI=1S/C15H10ClN3O4/c1-8-17-13-7-12(16)14(19(22)23)6-11(13)15(21)18(8)9-3-2-4-10(20)5-9/h2-7,20H,1H3. The number of aromatic nitrogens is 2. The van der Waals surface area contributed by atoms with Gasteiger partial charge in [-0.15, -0.1) is 0 Å². The van der Waals surface area contributed by atoms with E-state index in [0.717, 1.165) is 6.07 Å². The molecular weight excluding hydrogens is 322 g/mol. The van der Waals surface area contributed by atoms with E-state index in [-0.39, 0.29) is 27.4 Å². The number of nitro benzene ring substituents is 1. The van der Waals surface area contributed by atoms with Crippen LogP contribution in [0.15, 0.2) is 41.2 Å². The number of aromatic hydroxyl groups is 1. The highest BCUT2D eigenvalue weighted by Crippen LogP contribution is 2.28. The molecule has 0 spiro atoms. The van der Waals surface area contributed by atoms with Crippen molar-refractivity contribution in [3.8, 4) is 11.4 Å². The van der Waals surface area contributed by atoms with Crippen LogP contribution in [0, 0.1) is 17.0 Å². The molecule has 1 heterocycles. The third kappa shape index (κ3) is 2.51. The van der Waals surface area contributed by atoms with Crippen molar-refractivity contribution < 1.29 is 10.0 Å². The Morgan fingerprint density at radius 1 is 1.30 bits per heavy atom. The summed E-state index contributed by atoms with van der Waals surface area (Å²) >= 11 is 5.86. The van der Waals surface area contributed by atoms with E-state index in [4.69, 9.17) is 11.6 Å². The van der Waals surface area contributed by atoms with Crippen LogP contribution < -0.4 is 5.56 Å². The van der Waals surface area contributed by atoms with Gasteiger partial charge in [-0.3, -0.25) is 19.5 Å². The number of phenols is 1. The number of aryl methyl sites for hydroxylation is 1. The maximum Gasteiger partial charge on any atom is 0.288 e. The van der Waals surface area contributed by atoms with Gasteiger partial charge in [0, 0.05) is 12.1 Å². The van der Waals surface area contributed by atoms with Gasteiger partial charge in [0.1, 0.15) is 16.6 Å². The first-order chi connectivity index (χ1) is 10.9. The fourth-order valence-electron chi connectivity index (χ4n) is 2.38. The lowest BCUT2D eigenvalue weighted by Crippen LogP contribution is -2.22. The van der Waals surface area contributed by atoms with E-state index < -0.39 is 10.5 Å². The molecule has 7 nitrogen and oxygen atoms in total. The topological polar surface area (TPSA) is 98.3 Å². The van der Waals surface area contributed by atoms with Crippen LogP contribution in [0.1, 0.15) is 5.82 Å². The smallest absolute Gasteiger partial charge is 0.288 e. The number of phenolic OH excluding ortho intramolecular Hbond substituents is 1. The molecule has 0 atom stereocenters. The van der Waals surface area contributed by atoms with Crippen molar-refractivity contribution in [3.05, 3.63) is 67.7 Å². The molecule has 2 aromatic carbocycles. The molecule has 0 amide bonds. The number of benzene rings is 2. The summed E-state index contributed by atoms with van der Waals surface area (Å²) in [4.78, 5) is 27.3. The molecule has 0 aliphatic heterocycles. The summed E-state index contributed by atoms with van der Waals surface area (Å²) in [6.07, 6.45) is 0. The lowest BCUT2D eigenvalue weighted by molar-refractivity contribution is -0.384. The molecule has 1 N–H and O–H groups in total. The quantitative estimate of drug-likeness (QED) is 0.575. The Hall–Kier alpha value is -2.93. The van der Waals surface area contributed by atoms with Crippen LogP contribution in [-0.2, 0) is 0 Å². The van der Waals surface area contributed by atoms with Gasteiger partial charge in [0.15, 0.2) is 0 Å². The highest BCUT2D eigenvalue weighted by Gasteiger charge is 2.18. The summed E-state index contributed by atoms with van der Waals surface area (Å²) in [5.74, 6) is 0.369. The first kappa shape index (κ1) is 15.0. The van der Waals surface area contributed by atoms with Gasteiger partial charge in [0.25, 0.3) is 11.2 Å². The molecular formula is C15H10ClN3O4. The minimum absolute atomic E-state index is 0.00372. The second kappa shape index (κ2) is 5.36. The van der Waals surface area contributed by atoms with Crippen molar-refractivity contribution in [1.29, 1.82) is 0 Å². The fraction of sp³-hybridized carbons (Fsp3) is 0.0667. The van der Waals surface area contributed by atoms with Gasteiger partial charge in [0.2, 0.25) is 0 Å². The normalized spacial score (nSPS) is 10.9. The second-order valence-electron chi connectivity index (χ2n) is 4.90. The molecule has 1 aromatic heterocycles. The van der Waals surface area contributed by atoms with Gasteiger partial charge < -0.3 is 5.11 Å². The van der Waals surface area contributed by atoms with Gasteiger partial charge in [-0.05, 0) is 25.1 Å². The van der Waals surface area contributed by atoms with E-state index in [2.05, 4.69) is 4.98 Å². The zero-order valence-corrected chi connectivity index (χ0v) is 12.6. The van der Waals surface area contributed by atoms with Crippen LogP contribution >= 0.6 is 11.6 Å². The van der Waals surface area contributed by atoms with Crippen molar-refractivity contribution >= 4 is 28.2 Å². The maximum atomic E-state index is 12.7. The average Bonchev–Trinajstić information content (AvgIpc) is 2.46. The van der Waals surface area contributed by atoms with Gasteiger partial charge in [-0.2, -0.15) is 0 Å². The molecule has 0 aliphatic carbocycles. The Balaban J connectivity index is 2.39. The van der Waals surface area contributed by atoms with E-state index in [0.29, 0.717) is 11.5 Å². The number of hydrogen-bond acceptors (Lipinski definition) is 5.